The van der Waals surface area contributed by atoms with Crippen LogP contribution in [0.15, 0.2) is 36.7 Å². The molecule has 0 saturated carbocycles. The Kier molecular flexibility index (Phi) is 16.9. The molecule has 0 radical (unpaired) electrons. The molecule has 2 atom stereocenters. The summed E-state index contributed by atoms with van der Waals surface area (Å²) in [6.45, 7) is 7.11. The highest BCUT2D eigenvalue weighted by Crippen LogP contribution is 2.20. The van der Waals surface area contributed by atoms with Crippen LogP contribution in [0.1, 0.15) is 129 Å². The maximum absolute atomic E-state index is 14.1. The quantitative estimate of drug-likeness (QED) is 0.147. The minimum atomic E-state index is -0.798. The van der Waals surface area contributed by atoms with Crippen molar-refractivity contribution < 1.29 is 9.13 Å². The van der Waals surface area contributed by atoms with E-state index in [2.05, 4.69) is 55.0 Å². The maximum atomic E-state index is 14.1. The number of ether oxygens (including phenoxy) is 1. The monoisotopic (exact) mass is 512 g/mol. The lowest BCUT2D eigenvalue weighted by atomic mass is 9.98. The summed E-state index contributed by atoms with van der Waals surface area (Å²) in [5.74, 6) is 2.00. The van der Waals surface area contributed by atoms with E-state index in [1.165, 1.54) is 82.6 Å². The van der Waals surface area contributed by atoms with Gasteiger partial charge >= 0.3 is 0 Å². The van der Waals surface area contributed by atoms with Gasteiger partial charge in [0.2, 0.25) is 0 Å². The summed E-state index contributed by atoms with van der Waals surface area (Å²) in [4.78, 5) is 8.92. The zero-order chi connectivity index (χ0) is 26.6. The lowest BCUT2D eigenvalue weighted by Crippen LogP contribution is -2.08. The minimum absolute atomic E-state index is 0.363. The van der Waals surface area contributed by atoms with Gasteiger partial charge in [0.05, 0.1) is 19.0 Å². The van der Waals surface area contributed by atoms with Gasteiger partial charge < -0.3 is 4.74 Å². The first-order valence-electron chi connectivity index (χ1n) is 15.3. The second kappa shape index (κ2) is 20.1. The molecule has 0 saturated heterocycles. The molecule has 1 heterocycles. The van der Waals surface area contributed by atoms with Crippen LogP contribution in [0.5, 0.6) is 5.75 Å². The van der Waals surface area contributed by atoms with Crippen molar-refractivity contribution in [3.05, 3.63) is 42.2 Å². The highest BCUT2D eigenvalue weighted by atomic mass is 19.1. The molecule has 0 bridgehead atoms. The van der Waals surface area contributed by atoms with E-state index in [-0.39, 0.29) is 0 Å². The zero-order valence-electron chi connectivity index (χ0n) is 24.0. The molecule has 3 nitrogen and oxygen atoms in total. The van der Waals surface area contributed by atoms with Gasteiger partial charge in [-0.25, -0.2) is 14.4 Å². The first-order valence-corrected chi connectivity index (χ1v) is 15.3. The number of benzene rings is 1. The second-order valence-corrected chi connectivity index (χ2v) is 10.9. The molecule has 0 N–H and O–H groups in total. The van der Waals surface area contributed by atoms with E-state index in [0.29, 0.717) is 36.9 Å². The van der Waals surface area contributed by atoms with Crippen molar-refractivity contribution in [1.82, 2.24) is 9.97 Å². The predicted octanol–water partition coefficient (Wildman–Crippen LogP) is 10.3. The van der Waals surface area contributed by atoms with Gasteiger partial charge in [-0.15, -0.1) is 0 Å². The molecule has 1 aromatic carbocycles. The molecule has 208 valence electrons. The molecule has 0 spiro atoms. The van der Waals surface area contributed by atoms with Crippen LogP contribution in [0.3, 0.4) is 0 Å². The third-order valence-electron chi connectivity index (χ3n) is 7.35. The highest BCUT2D eigenvalue weighted by molar-refractivity contribution is 5.55. The van der Waals surface area contributed by atoms with Gasteiger partial charge in [0, 0.05) is 12.0 Å². The van der Waals surface area contributed by atoms with E-state index in [9.17, 15) is 4.39 Å². The topological polar surface area (TPSA) is 35.0 Å². The van der Waals surface area contributed by atoms with Crippen LogP contribution in [0.25, 0.3) is 11.4 Å². The number of halogens is 1. The molecule has 4 heteroatoms. The lowest BCUT2D eigenvalue weighted by molar-refractivity contribution is 0.219. The van der Waals surface area contributed by atoms with Gasteiger partial charge in [0.15, 0.2) is 11.6 Å². The zero-order valence-corrected chi connectivity index (χ0v) is 24.0. The number of rotatable bonds is 22. The second-order valence-electron chi connectivity index (χ2n) is 10.9. The van der Waals surface area contributed by atoms with E-state index in [1.54, 1.807) is 12.4 Å². The molecule has 0 fully saturated rings. The van der Waals surface area contributed by atoms with Crippen molar-refractivity contribution in [1.29, 1.82) is 0 Å². The Morgan fingerprint density at radius 1 is 0.703 bits per heavy atom. The normalized spacial score (nSPS) is 13.0. The molecule has 37 heavy (non-hydrogen) atoms. The van der Waals surface area contributed by atoms with Gasteiger partial charge in [0.25, 0.3) is 0 Å². The summed E-state index contributed by atoms with van der Waals surface area (Å²) in [5.41, 5.74) is 2.39. The maximum Gasteiger partial charge on any atom is 0.159 e. The van der Waals surface area contributed by atoms with Crippen molar-refractivity contribution >= 4 is 0 Å². The lowest BCUT2D eigenvalue weighted by Gasteiger charge is -2.12. The van der Waals surface area contributed by atoms with Gasteiger partial charge in [-0.1, -0.05) is 129 Å². The standard InChI is InChI=1S/C33H53FN2O/c1-4-6-7-8-9-10-11-12-13-14-18-29-20-22-30(23-21-29)33-35-26-32(27-36-33)37-25-24-31(34)19-15-17-28(3)16-5-2/h20-23,26-28,31H,4-19,24-25H2,1-3H3. The van der Waals surface area contributed by atoms with Crippen LogP contribution >= 0.6 is 0 Å². The Hall–Kier alpha value is -1.97. The molecule has 0 aliphatic rings. The Morgan fingerprint density at radius 3 is 1.95 bits per heavy atom. The summed E-state index contributed by atoms with van der Waals surface area (Å²) < 4.78 is 19.8. The first kappa shape index (κ1) is 31.2. The third-order valence-corrected chi connectivity index (χ3v) is 7.35. The average Bonchev–Trinajstić information content (AvgIpc) is 2.91. The van der Waals surface area contributed by atoms with Crippen molar-refractivity contribution in [3.63, 3.8) is 0 Å². The fourth-order valence-electron chi connectivity index (χ4n) is 4.95. The molecular formula is C33H53FN2O. The summed E-state index contributed by atoms with van der Waals surface area (Å²) in [5, 5.41) is 0. The molecule has 0 aliphatic heterocycles. The average molecular weight is 513 g/mol. The Balaban J connectivity index is 1.59. The van der Waals surface area contributed by atoms with Gasteiger partial charge in [-0.3, -0.25) is 0 Å². The third kappa shape index (κ3) is 14.5. The largest absolute Gasteiger partial charge is 0.490 e. The van der Waals surface area contributed by atoms with Crippen molar-refractivity contribution in [2.24, 2.45) is 5.92 Å². The molecular weight excluding hydrogens is 459 g/mol. The Morgan fingerprint density at radius 2 is 1.32 bits per heavy atom. The van der Waals surface area contributed by atoms with Gasteiger partial charge in [-0.05, 0) is 30.7 Å². The number of unbranched alkanes of at least 4 members (excludes halogenated alkanes) is 9. The smallest absolute Gasteiger partial charge is 0.159 e. The van der Waals surface area contributed by atoms with E-state index < -0.39 is 6.17 Å². The van der Waals surface area contributed by atoms with E-state index in [1.807, 2.05) is 0 Å². The highest BCUT2D eigenvalue weighted by Gasteiger charge is 2.09. The molecule has 2 unspecified atom stereocenters. The number of hydrogen-bond acceptors (Lipinski definition) is 3. The fourth-order valence-corrected chi connectivity index (χ4v) is 4.95. The summed E-state index contributed by atoms with van der Waals surface area (Å²) in [6, 6.07) is 8.61. The first-order chi connectivity index (χ1) is 18.1. The predicted molar refractivity (Wildman–Crippen MR) is 156 cm³/mol. The molecule has 2 aromatic rings. The van der Waals surface area contributed by atoms with Crippen molar-refractivity contribution in [2.75, 3.05) is 6.61 Å². The van der Waals surface area contributed by atoms with Gasteiger partial charge in [0.1, 0.15) is 6.17 Å². The molecule has 1 aromatic heterocycles. The van der Waals surface area contributed by atoms with Crippen LogP contribution in [0.4, 0.5) is 4.39 Å². The number of hydrogen-bond donors (Lipinski definition) is 0. The van der Waals surface area contributed by atoms with Crippen LogP contribution in [0.2, 0.25) is 0 Å². The number of alkyl halides is 1. The molecule has 2 rings (SSSR count). The summed E-state index contributed by atoms with van der Waals surface area (Å²) in [6.07, 6.45) is 23.0. The minimum Gasteiger partial charge on any atom is -0.490 e. The molecule has 0 amide bonds. The summed E-state index contributed by atoms with van der Waals surface area (Å²) >= 11 is 0. The SMILES string of the molecule is CCCCCCCCCCCCc1ccc(-c2ncc(OCCC(F)CCCC(C)CCC)cn2)cc1. The van der Waals surface area contributed by atoms with Gasteiger partial charge in [-0.2, -0.15) is 0 Å². The Labute approximate surface area is 227 Å². The van der Waals surface area contributed by atoms with Crippen molar-refractivity contribution in [2.45, 2.75) is 136 Å². The number of aryl methyl sites for hydroxylation is 1. The van der Waals surface area contributed by atoms with Crippen LogP contribution in [-0.2, 0) is 6.42 Å². The van der Waals surface area contributed by atoms with E-state index in [0.717, 1.165) is 24.8 Å². The fraction of sp³-hybridized carbons (Fsp3) is 0.697. The number of aromatic nitrogens is 2. The number of nitrogens with zero attached hydrogens (tertiary/aromatic N) is 2. The van der Waals surface area contributed by atoms with Crippen molar-refractivity contribution in [3.8, 4) is 17.1 Å². The van der Waals surface area contributed by atoms with E-state index >= 15 is 0 Å². The van der Waals surface area contributed by atoms with E-state index in [4.69, 9.17) is 4.74 Å². The van der Waals surface area contributed by atoms with Crippen LogP contribution in [-0.4, -0.2) is 22.7 Å². The Bertz CT molecular complexity index is 793. The van der Waals surface area contributed by atoms with Crippen LogP contribution < -0.4 is 4.74 Å². The van der Waals surface area contributed by atoms with Crippen LogP contribution in [0, 0.1) is 5.92 Å². The molecule has 0 aliphatic carbocycles. The summed E-state index contributed by atoms with van der Waals surface area (Å²) in [7, 11) is 0.